The second-order valence-corrected chi connectivity index (χ2v) is 6.05. The number of carboxylic acids is 1. The minimum atomic E-state index is -1.32. The van der Waals surface area contributed by atoms with Gasteiger partial charge in [0, 0.05) is 17.2 Å². The number of Topliss-reactive ketones (excluding diaryl/α,β-unsaturated/α-hetero) is 1. The van der Waals surface area contributed by atoms with Gasteiger partial charge in [-0.15, -0.1) is 0 Å². The van der Waals surface area contributed by atoms with Crippen LogP contribution in [0.25, 0.3) is 0 Å². The Bertz CT molecular complexity index is 903. The third-order valence-corrected chi connectivity index (χ3v) is 4.45. The average molecular weight is 355 g/mol. The van der Waals surface area contributed by atoms with Gasteiger partial charge in [-0.2, -0.15) is 0 Å². The van der Waals surface area contributed by atoms with Gasteiger partial charge in [-0.05, 0) is 29.8 Å². The standard InChI is InChI=1S/C19H16O7/c1-23-12-2-3-13-15(20)7-17(26-16(13)6-12)14-5-10(19(21)22)4-11-8-24-9-25-18(11)14/h2-6,17H,7-9H2,1H3,(H,21,22)/p-1. The van der Waals surface area contributed by atoms with E-state index in [1.54, 1.807) is 18.2 Å². The van der Waals surface area contributed by atoms with Gasteiger partial charge in [-0.3, -0.25) is 4.79 Å². The van der Waals surface area contributed by atoms with Crippen LogP contribution >= 0.6 is 0 Å². The average Bonchev–Trinajstić information content (AvgIpc) is 2.66. The van der Waals surface area contributed by atoms with Crippen molar-refractivity contribution in [3.63, 3.8) is 0 Å². The Hall–Kier alpha value is -3.06. The van der Waals surface area contributed by atoms with Crippen LogP contribution in [0.15, 0.2) is 30.3 Å². The van der Waals surface area contributed by atoms with Crippen molar-refractivity contribution in [2.75, 3.05) is 13.9 Å². The Morgan fingerprint density at radius 2 is 2.12 bits per heavy atom. The lowest BCUT2D eigenvalue weighted by molar-refractivity contribution is -0.255. The van der Waals surface area contributed by atoms with Crippen molar-refractivity contribution >= 4 is 11.8 Å². The maximum Gasteiger partial charge on any atom is 0.189 e. The minimum absolute atomic E-state index is 0.0136. The van der Waals surface area contributed by atoms with E-state index in [1.807, 2.05) is 0 Å². The van der Waals surface area contributed by atoms with Gasteiger partial charge in [0.1, 0.15) is 23.4 Å². The van der Waals surface area contributed by atoms with Crippen LogP contribution in [0.1, 0.15) is 44.4 Å². The molecule has 0 saturated heterocycles. The molecule has 26 heavy (non-hydrogen) atoms. The molecule has 0 saturated carbocycles. The second-order valence-electron chi connectivity index (χ2n) is 6.05. The number of carboxylic acid groups (broad SMARTS) is 1. The third kappa shape index (κ3) is 2.76. The number of hydrogen-bond donors (Lipinski definition) is 0. The highest BCUT2D eigenvalue weighted by atomic mass is 16.7. The first-order valence-corrected chi connectivity index (χ1v) is 8.03. The fourth-order valence-electron chi connectivity index (χ4n) is 3.21. The van der Waals surface area contributed by atoms with Crippen molar-refractivity contribution in [3.8, 4) is 17.2 Å². The molecule has 1 unspecified atom stereocenters. The number of ketones is 1. The molecule has 4 rings (SSSR count). The topological polar surface area (TPSA) is 94.1 Å². The Kier molecular flexibility index (Phi) is 4.00. The van der Waals surface area contributed by atoms with Crippen LogP contribution in [0.2, 0.25) is 0 Å². The van der Waals surface area contributed by atoms with Crippen LogP contribution in [0.3, 0.4) is 0 Å². The first-order valence-electron chi connectivity index (χ1n) is 8.03. The van der Waals surface area contributed by atoms with Crippen LogP contribution in [0, 0.1) is 0 Å². The largest absolute Gasteiger partial charge is 0.545 e. The van der Waals surface area contributed by atoms with Gasteiger partial charge in [0.25, 0.3) is 0 Å². The maximum atomic E-state index is 12.5. The van der Waals surface area contributed by atoms with Crippen LogP contribution in [-0.2, 0) is 11.3 Å². The zero-order valence-corrected chi connectivity index (χ0v) is 13.9. The van der Waals surface area contributed by atoms with E-state index in [0.29, 0.717) is 33.9 Å². The van der Waals surface area contributed by atoms with Crippen LogP contribution < -0.4 is 19.3 Å². The highest BCUT2D eigenvalue weighted by Crippen LogP contribution is 2.42. The number of aromatic carboxylic acids is 1. The van der Waals surface area contributed by atoms with Crippen molar-refractivity contribution in [1.82, 2.24) is 0 Å². The van der Waals surface area contributed by atoms with Crippen molar-refractivity contribution in [2.45, 2.75) is 19.1 Å². The highest BCUT2D eigenvalue weighted by Gasteiger charge is 2.32. The molecule has 2 aliphatic heterocycles. The minimum Gasteiger partial charge on any atom is -0.545 e. The molecule has 0 amide bonds. The number of fused-ring (bicyclic) bond motifs is 2. The predicted octanol–water partition coefficient (Wildman–Crippen LogP) is 1.63. The number of carbonyl (C=O) groups is 2. The summed E-state index contributed by atoms with van der Waals surface area (Å²) in [6.07, 6.45) is -0.597. The third-order valence-electron chi connectivity index (χ3n) is 4.45. The first-order chi connectivity index (χ1) is 12.6. The number of ether oxygens (including phenoxy) is 4. The summed E-state index contributed by atoms with van der Waals surface area (Å²) in [5.41, 5.74) is 1.53. The van der Waals surface area contributed by atoms with Gasteiger partial charge in [-0.25, -0.2) is 0 Å². The van der Waals surface area contributed by atoms with Crippen molar-refractivity contribution in [3.05, 3.63) is 52.6 Å². The molecule has 0 aromatic heterocycles. The molecule has 7 nitrogen and oxygen atoms in total. The molecule has 0 bridgehead atoms. The fraction of sp³-hybridized carbons (Fsp3) is 0.263. The van der Waals surface area contributed by atoms with E-state index >= 15 is 0 Å². The Labute approximate surface area is 149 Å². The van der Waals surface area contributed by atoms with Crippen LogP contribution in [0.4, 0.5) is 0 Å². The molecule has 7 heteroatoms. The monoisotopic (exact) mass is 355 g/mol. The predicted molar refractivity (Wildman–Crippen MR) is 86.4 cm³/mol. The zero-order chi connectivity index (χ0) is 18.3. The van der Waals surface area contributed by atoms with Gasteiger partial charge in [0.05, 0.1) is 31.7 Å². The molecule has 2 heterocycles. The number of benzene rings is 2. The number of rotatable bonds is 3. The van der Waals surface area contributed by atoms with E-state index in [2.05, 4.69) is 0 Å². The van der Waals surface area contributed by atoms with Gasteiger partial charge in [-0.1, -0.05) is 0 Å². The molecular formula is C19H15O7-. The van der Waals surface area contributed by atoms with Crippen LogP contribution in [-0.4, -0.2) is 25.7 Å². The number of hydrogen-bond acceptors (Lipinski definition) is 7. The number of carbonyl (C=O) groups excluding carboxylic acids is 2. The molecule has 0 N–H and O–H groups in total. The van der Waals surface area contributed by atoms with Gasteiger partial charge >= 0.3 is 0 Å². The SMILES string of the molecule is COc1ccc2c(c1)OC(c1cc(C(=O)[O-])cc3c1OCOC3)CC2=O. The normalized spacial score (nSPS) is 18.2. The Morgan fingerprint density at radius 1 is 1.27 bits per heavy atom. The second kappa shape index (κ2) is 6.34. The molecule has 0 radical (unpaired) electrons. The summed E-state index contributed by atoms with van der Waals surface area (Å²) in [5.74, 6) is 0.0328. The molecule has 2 aromatic rings. The summed E-state index contributed by atoms with van der Waals surface area (Å²) in [4.78, 5) is 23.9. The number of methoxy groups -OCH3 is 1. The van der Waals surface area contributed by atoms with E-state index in [0.717, 1.165) is 0 Å². The molecule has 2 aliphatic rings. The Morgan fingerprint density at radius 3 is 2.88 bits per heavy atom. The van der Waals surface area contributed by atoms with Crippen LogP contribution in [0.5, 0.6) is 17.2 Å². The zero-order valence-electron chi connectivity index (χ0n) is 13.9. The summed E-state index contributed by atoms with van der Waals surface area (Å²) in [6.45, 7) is 0.268. The van der Waals surface area contributed by atoms with E-state index in [-0.39, 0.29) is 31.2 Å². The molecule has 0 aliphatic carbocycles. The van der Waals surface area contributed by atoms with E-state index < -0.39 is 12.1 Å². The molecular weight excluding hydrogens is 340 g/mol. The quantitative estimate of drug-likeness (QED) is 0.826. The summed E-state index contributed by atoms with van der Waals surface area (Å²) in [5, 5.41) is 11.4. The molecule has 0 fully saturated rings. The van der Waals surface area contributed by atoms with Gasteiger partial charge in [0.15, 0.2) is 12.6 Å². The molecule has 1 atom stereocenters. The molecule has 2 aromatic carbocycles. The molecule has 0 spiro atoms. The molecule has 134 valence electrons. The lowest BCUT2D eigenvalue weighted by atomic mass is 9.93. The summed E-state index contributed by atoms with van der Waals surface area (Å²) in [7, 11) is 1.53. The first kappa shape index (κ1) is 16.4. The van der Waals surface area contributed by atoms with Gasteiger partial charge < -0.3 is 28.8 Å². The van der Waals surface area contributed by atoms with Crippen molar-refractivity contribution in [1.29, 1.82) is 0 Å². The summed E-state index contributed by atoms with van der Waals surface area (Å²) < 4.78 is 22.0. The lowest BCUT2D eigenvalue weighted by Crippen LogP contribution is -2.26. The smallest absolute Gasteiger partial charge is 0.189 e. The maximum absolute atomic E-state index is 12.5. The summed E-state index contributed by atoms with van der Waals surface area (Å²) in [6, 6.07) is 7.87. The van der Waals surface area contributed by atoms with Crippen molar-refractivity contribution < 1.29 is 33.6 Å². The Balaban J connectivity index is 1.79. The lowest BCUT2D eigenvalue weighted by Gasteiger charge is -2.30. The van der Waals surface area contributed by atoms with Crippen molar-refractivity contribution in [2.24, 2.45) is 0 Å². The van der Waals surface area contributed by atoms with Gasteiger partial charge in [0.2, 0.25) is 0 Å². The van der Waals surface area contributed by atoms with E-state index in [1.165, 1.54) is 19.2 Å². The van der Waals surface area contributed by atoms with E-state index in [4.69, 9.17) is 18.9 Å². The highest BCUT2D eigenvalue weighted by molar-refractivity contribution is 6.00. The fourth-order valence-corrected chi connectivity index (χ4v) is 3.21. The van der Waals surface area contributed by atoms with E-state index in [9.17, 15) is 14.7 Å². The summed E-state index contributed by atoms with van der Waals surface area (Å²) >= 11 is 0.